The minimum atomic E-state index is -0.345. The van der Waals surface area contributed by atoms with Crippen molar-refractivity contribution in [2.24, 2.45) is 0 Å². The molecule has 4 rings (SSSR count). The number of aromatic nitrogens is 1. The van der Waals surface area contributed by atoms with Crippen LogP contribution in [0.25, 0.3) is 17.0 Å². The maximum atomic E-state index is 11.4. The Morgan fingerprint density at radius 3 is 2.88 bits per heavy atom. The first kappa shape index (κ1) is 22.3. The highest BCUT2D eigenvalue weighted by Gasteiger charge is 2.27. The summed E-state index contributed by atoms with van der Waals surface area (Å²) < 4.78 is 7.00. The predicted octanol–water partition coefficient (Wildman–Crippen LogP) is 4.37. The number of carbonyl (C=O) groups excluding carboxylic acids is 1. The van der Waals surface area contributed by atoms with E-state index < -0.39 is 0 Å². The molecule has 0 saturated heterocycles. The summed E-state index contributed by atoms with van der Waals surface area (Å²) in [6.07, 6.45) is 8.56. The number of aliphatic hydroxyl groups excluding tert-OH is 1. The molecule has 2 aromatic carbocycles. The van der Waals surface area contributed by atoms with E-state index in [1.807, 2.05) is 0 Å². The van der Waals surface area contributed by atoms with E-state index in [1.165, 1.54) is 40.8 Å². The molecule has 0 bridgehead atoms. The van der Waals surface area contributed by atoms with Crippen molar-refractivity contribution >= 4 is 22.9 Å². The van der Waals surface area contributed by atoms with Gasteiger partial charge in [-0.15, -0.1) is 0 Å². The van der Waals surface area contributed by atoms with E-state index in [0.717, 1.165) is 37.9 Å². The molecule has 5 heteroatoms. The predicted molar refractivity (Wildman–Crippen MR) is 129 cm³/mol. The van der Waals surface area contributed by atoms with Gasteiger partial charge in [-0.1, -0.05) is 36.4 Å². The van der Waals surface area contributed by atoms with Crippen molar-refractivity contribution in [3.8, 4) is 0 Å². The van der Waals surface area contributed by atoms with E-state index in [2.05, 4.69) is 69.8 Å². The standard InChI is InChI=1S/C27H32N2O3/c1-3-28-19-22(23-6-4-5-7-25(23)28)14-15-29(16-17-30)26-12-10-21-18-20(8-11-24(21)26)9-13-27(31)32-2/h4-9,11,13,18-19,26,30H,3,10,12,14-17H2,1-2H3/b13-9+. The van der Waals surface area contributed by atoms with E-state index >= 15 is 0 Å². The highest BCUT2D eigenvalue weighted by Crippen LogP contribution is 2.36. The largest absolute Gasteiger partial charge is 0.466 e. The average molecular weight is 433 g/mol. The number of carbonyl (C=O) groups is 1. The second-order valence-electron chi connectivity index (χ2n) is 8.34. The van der Waals surface area contributed by atoms with Gasteiger partial charge < -0.3 is 14.4 Å². The molecule has 5 nitrogen and oxygen atoms in total. The number of aryl methyl sites for hydroxylation is 2. The van der Waals surface area contributed by atoms with Gasteiger partial charge in [0.25, 0.3) is 0 Å². The smallest absolute Gasteiger partial charge is 0.330 e. The maximum absolute atomic E-state index is 11.4. The molecule has 0 aliphatic heterocycles. The second-order valence-corrected chi connectivity index (χ2v) is 8.34. The van der Waals surface area contributed by atoms with Gasteiger partial charge in [0.1, 0.15) is 0 Å². The van der Waals surface area contributed by atoms with Crippen LogP contribution in [0.4, 0.5) is 0 Å². The molecule has 1 heterocycles. The molecule has 1 aliphatic rings. The topological polar surface area (TPSA) is 54.7 Å². The summed E-state index contributed by atoms with van der Waals surface area (Å²) in [4.78, 5) is 13.8. The Bertz CT molecular complexity index is 1120. The van der Waals surface area contributed by atoms with Crippen molar-refractivity contribution in [1.29, 1.82) is 0 Å². The van der Waals surface area contributed by atoms with Gasteiger partial charge in [-0.2, -0.15) is 0 Å². The quantitative estimate of drug-likeness (QED) is 0.403. The fraction of sp³-hybridized carbons (Fsp3) is 0.370. The summed E-state index contributed by atoms with van der Waals surface area (Å²) >= 11 is 0. The fourth-order valence-electron chi connectivity index (χ4n) is 4.93. The van der Waals surface area contributed by atoms with Gasteiger partial charge in [-0.3, -0.25) is 4.90 Å². The fourth-order valence-corrected chi connectivity index (χ4v) is 4.93. The van der Waals surface area contributed by atoms with E-state index in [0.29, 0.717) is 12.6 Å². The number of esters is 1. The number of methoxy groups -OCH3 is 1. The zero-order valence-electron chi connectivity index (χ0n) is 19.0. The van der Waals surface area contributed by atoms with Crippen LogP contribution in [0.3, 0.4) is 0 Å². The number of ether oxygens (including phenoxy) is 1. The summed E-state index contributed by atoms with van der Waals surface area (Å²) in [6.45, 7) is 4.87. The summed E-state index contributed by atoms with van der Waals surface area (Å²) in [6, 6.07) is 15.3. The highest BCUT2D eigenvalue weighted by atomic mass is 16.5. The maximum Gasteiger partial charge on any atom is 0.330 e. The van der Waals surface area contributed by atoms with E-state index in [9.17, 15) is 9.90 Å². The van der Waals surface area contributed by atoms with Crippen LogP contribution in [0, 0.1) is 0 Å². The van der Waals surface area contributed by atoms with Crippen molar-refractivity contribution in [3.05, 3.63) is 77.0 Å². The molecule has 32 heavy (non-hydrogen) atoms. The molecule has 0 saturated carbocycles. The van der Waals surface area contributed by atoms with Crippen LogP contribution >= 0.6 is 0 Å². The number of para-hydroxylation sites is 1. The molecular formula is C27H32N2O3. The molecular weight excluding hydrogens is 400 g/mol. The van der Waals surface area contributed by atoms with Crippen LogP contribution in [0.2, 0.25) is 0 Å². The van der Waals surface area contributed by atoms with Crippen molar-refractivity contribution < 1.29 is 14.6 Å². The lowest BCUT2D eigenvalue weighted by molar-refractivity contribution is -0.134. The molecule has 3 aromatic rings. The third-order valence-corrected chi connectivity index (χ3v) is 6.53. The Kier molecular flexibility index (Phi) is 7.08. The number of aliphatic hydroxyl groups is 1. The van der Waals surface area contributed by atoms with Gasteiger partial charge in [-0.05, 0) is 60.6 Å². The number of hydrogen-bond donors (Lipinski definition) is 1. The molecule has 1 N–H and O–H groups in total. The normalized spacial score (nSPS) is 15.7. The van der Waals surface area contributed by atoms with Crippen LogP contribution < -0.4 is 0 Å². The third kappa shape index (κ3) is 4.64. The SMILES string of the molecule is CCn1cc(CCN(CCO)C2CCc3cc(/C=C/C(=O)OC)ccc32)c2ccccc21. The van der Waals surface area contributed by atoms with Gasteiger partial charge in [0.15, 0.2) is 0 Å². The first-order chi connectivity index (χ1) is 15.6. The summed E-state index contributed by atoms with van der Waals surface area (Å²) in [7, 11) is 1.38. The van der Waals surface area contributed by atoms with Crippen molar-refractivity contribution in [3.63, 3.8) is 0 Å². The third-order valence-electron chi connectivity index (χ3n) is 6.53. The molecule has 0 spiro atoms. The van der Waals surface area contributed by atoms with Crippen molar-refractivity contribution in [2.45, 2.75) is 38.8 Å². The Morgan fingerprint density at radius 1 is 1.25 bits per heavy atom. The zero-order valence-corrected chi connectivity index (χ0v) is 19.0. The summed E-state index contributed by atoms with van der Waals surface area (Å²) in [5.74, 6) is -0.345. The van der Waals surface area contributed by atoms with Crippen molar-refractivity contribution in [2.75, 3.05) is 26.8 Å². The molecule has 1 aromatic heterocycles. The van der Waals surface area contributed by atoms with E-state index in [1.54, 1.807) is 6.08 Å². The molecule has 0 amide bonds. The molecule has 168 valence electrons. The number of rotatable bonds is 9. The van der Waals surface area contributed by atoms with Gasteiger partial charge in [-0.25, -0.2) is 4.79 Å². The van der Waals surface area contributed by atoms with Crippen LogP contribution in [-0.2, 0) is 28.9 Å². The molecule has 1 aliphatic carbocycles. The molecule has 1 atom stereocenters. The van der Waals surface area contributed by atoms with Crippen LogP contribution in [0.5, 0.6) is 0 Å². The van der Waals surface area contributed by atoms with Gasteiger partial charge >= 0.3 is 5.97 Å². The minimum absolute atomic E-state index is 0.155. The average Bonchev–Trinajstić information content (AvgIpc) is 3.41. The summed E-state index contributed by atoms with van der Waals surface area (Å²) in [5.41, 5.74) is 6.33. The van der Waals surface area contributed by atoms with Gasteiger partial charge in [0, 0.05) is 48.9 Å². The molecule has 1 unspecified atom stereocenters. The van der Waals surface area contributed by atoms with E-state index in [-0.39, 0.29) is 12.6 Å². The zero-order chi connectivity index (χ0) is 22.5. The lowest BCUT2D eigenvalue weighted by Gasteiger charge is -2.29. The van der Waals surface area contributed by atoms with E-state index in [4.69, 9.17) is 0 Å². The molecule has 0 radical (unpaired) electrons. The second kappa shape index (κ2) is 10.2. The first-order valence-electron chi connectivity index (χ1n) is 11.4. The van der Waals surface area contributed by atoms with Crippen molar-refractivity contribution in [1.82, 2.24) is 9.47 Å². The Hall–Kier alpha value is -2.89. The van der Waals surface area contributed by atoms with Crippen LogP contribution in [0.15, 0.2) is 54.7 Å². The lowest BCUT2D eigenvalue weighted by atomic mass is 10.0. The number of benzene rings is 2. The lowest BCUT2D eigenvalue weighted by Crippen LogP contribution is -2.32. The Morgan fingerprint density at radius 2 is 2.09 bits per heavy atom. The van der Waals surface area contributed by atoms with Crippen LogP contribution in [0.1, 0.15) is 41.6 Å². The first-order valence-corrected chi connectivity index (χ1v) is 11.4. The minimum Gasteiger partial charge on any atom is -0.466 e. The number of hydrogen-bond acceptors (Lipinski definition) is 4. The number of fused-ring (bicyclic) bond motifs is 2. The van der Waals surface area contributed by atoms with Gasteiger partial charge in [0.2, 0.25) is 0 Å². The Labute approximate surface area is 189 Å². The highest BCUT2D eigenvalue weighted by molar-refractivity contribution is 5.87. The Balaban J connectivity index is 1.51. The molecule has 0 fully saturated rings. The van der Waals surface area contributed by atoms with Gasteiger partial charge in [0.05, 0.1) is 13.7 Å². The summed E-state index contributed by atoms with van der Waals surface area (Å²) in [5, 5.41) is 11.1. The monoisotopic (exact) mass is 432 g/mol. The van der Waals surface area contributed by atoms with Crippen LogP contribution in [-0.4, -0.2) is 47.3 Å². The number of nitrogens with zero attached hydrogens (tertiary/aromatic N) is 2.